The number of halogens is 2. The maximum atomic E-state index is 13.6. The Balaban J connectivity index is 2.00. The number of hydrogen-bond acceptors (Lipinski definition) is 3. The van der Waals surface area contributed by atoms with E-state index in [0.29, 0.717) is 6.07 Å². The second-order valence-corrected chi connectivity index (χ2v) is 5.21. The average molecular weight is 338 g/mol. The second-order valence-electron chi connectivity index (χ2n) is 5.21. The van der Waals surface area contributed by atoms with Crippen LogP contribution in [0.1, 0.15) is 26.3 Å². The third-order valence-electron chi connectivity index (χ3n) is 3.52. The molecule has 0 aliphatic carbocycles. The van der Waals surface area contributed by atoms with Gasteiger partial charge in [-0.05, 0) is 18.2 Å². The van der Waals surface area contributed by atoms with Crippen LogP contribution in [-0.4, -0.2) is 11.8 Å². The lowest BCUT2D eigenvalue weighted by molar-refractivity contribution is 0.0732. The molecule has 3 aromatic rings. The Morgan fingerprint density at radius 2 is 1.24 bits per heavy atom. The molecule has 0 unspecified atom stereocenters. The molecular formula is C20H12F2O3. The Hall–Kier alpha value is -3.34. The minimum Gasteiger partial charge on any atom is -0.422 e. The Morgan fingerprint density at radius 3 is 1.84 bits per heavy atom. The molecule has 0 saturated carbocycles. The number of benzene rings is 3. The van der Waals surface area contributed by atoms with Gasteiger partial charge in [0.2, 0.25) is 0 Å². The lowest BCUT2D eigenvalue weighted by atomic mass is 10.0. The second kappa shape index (κ2) is 7.05. The Labute approximate surface area is 142 Å². The molecule has 0 aromatic heterocycles. The van der Waals surface area contributed by atoms with Crippen LogP contribution in [0.2, 0.25) is 0 Å². The van der Waals surface area contributed by atoms with Crippen molar-refractivity contribution in [2.24, 2.45) is 0 Å². The van der Waals surface area contributed by atoms with Crippen molar-refractivity contribution in [3.63, 3.8) is 0 Å². The highest BCUT2D eigenvalue weighted by atomic mass is 19.2. The third kappa shape index (κ3) is 3.61. The summed E-state index contributed by atoms with van der Waals surface area (Å²) in [5.41, 5.74) is 0.269. The fourth-order valence-electron chi connectivity index (χ4n) is 2.27. The molecule has 0 bridgehead atoms. The van der Waals surface area contributed by atoms with Crippen molar-refractivity contribution in [2.75, 3.05) is 0 Å². The van der Waals surface area contributed by atoms with Gasteiger partial charge in [0.1, 0.15) is 5.75 Å². The summed E-state index contributed by atoms with van der Waals surface area (Å²) < 4.78 is 32.4. The minimum atomic E-state index is -1.21. The summed E-state index contributed by atoms with van der Waals surface area (Å²) in [5, 5.41) is 0. The van der Waals surface area contributed by atoms with E-state index in [1.54, 1.807) is 36.4 Å². The summed E-state index contributed by atoms with van der Waals surface area (Å²) in [6.45, 7) is 0. The van der Waals surface area contributed by atoms with Crippen LogP contribution in [0, 0.1) is 11.6 Å². The Bertz CT molecular complexity index is 922. The van der Waals surface area contributed by atoms with Crippen LogP contribution in [-0.2, 0) is 0 Å². The smallest absolute Gasteiger partial charge is 0.343 e. The fourth-order valence-corrected chi connectivity index (χ4v) is 2.27. The van der Waals surface area contributed by atoms with E-state index in [4.69, 9.17) is 4.74 Å². The van der Waals surface area contributed by atoms with Crippen LogP contribution >= 0.6 is 0 Å². The number of rotatable bonds is 4. The van der Waals surface area contributed by atoms with Gasteiger partial charge in [0.05, 0.1) is 11.1 Å². The van der Waals surface area contributed by atoms with E-state index in [2.05, 4.69) is 0 Å². The number of ketones is 1. The van der Waals surface area contributed by atoms with Gasteiger partial charge in [-0.2, -0.15) is 0 Å². The van der Waals surface area contributed by atoms with Crippen LogP contribution in [0.25, 0.3) is 0 Å². The molecule has 0 fully saturated rings. The zero-order chi connectivity index (χ0) is 17.8. The molecule has 0 aliphatic heterocycles. The van der Waals surface area contributed by atoms with Gasteiger partial charge in [-0.15, -0.1) is 0 Å². The maximum absolute atomic E-state index is 13.6. The van der Waals surface area contributed by atoms with E-state index in [0.717, 1.165) is 6.07 Å². The van der Waals surface area contributed by atoms with Gasteiger partial charge in [0, 0.05) is 11.6 Å². The quantitative estimate of drug-likeness (QED) is 0.402. The molecule has 3 rings (SSSR count). The van der Waals surface area contributed by atoms with Crippen molar-refractivity contribution < 1.29 is 23.1 Å². The highest BCUT2D eigenvalue weighted by molar-refractivity contribution is 6.11. The predicted molar refractivity (Wildman–Crippen MR) is 87.6 cm³/mol. The first-order chi connectivity index (χ1) is 12.1. The molecule has 0 saturated heterocycles. The number of carbonyl (C=O) groups is 2. The summed E-state index contributed by atoms with van der Waals surface area (Å²) in [4.78, 5) is 24.7. The first-order valence-electron chi connectivity index (χ1n) is 7.42. The van der Waals surface area contributed by atoms with Crippen molar-refractivity contribution in [1.82, 2.24) is 0 Å². The molecule has 0 aliphatic rings. The zero-order valence-corrected chi connectivity index (χ0v) is 12.9. The molecule has 0 atom stereocenters. The molecule has 3 aromatic carbocycles. The van der Waals surface area contributed by atoms with Gasteiger partial charge in [-0.3, -0.25) is 4.79 Å². The lowest BCUT2D eigenvalue weighted by Gasteiger charge is -2.10. The van der Waals surface area contributed by atoms with Gasteiger partial charge in [-0.1, -0.05) is 48.5 Å². The standard InChI is InChI=1S/C20H12F2O3/c21-16-11-15(19(23)13-7-3-1-4-8-13)18(12-17(16)22)25-20(24)14-9-5-2-6-10-14/h1-12H. The Kier molecular flexibility index (Phi) is 4.66. The highest BCUT2D eigenvalue weighted by Gasteiger charge is 2.21. The van der Waals surface area contributed by atoms with E-state index >= 15 is 0 Å². The molecule has 25 heavy (non-hydrogen) atoms. The van der Waals surface area contributed by atoms with E-state index in [9.17, 15) is 18.4 Å². The van der Waals surface area contributed by atoms with E-state index in [1.165, 1.54) is 24.3 Å². The zero-order valence-electron chi connectivity index (χ0n) is 12.9. The van der Waals surface area contributed by atoms with Gasteiger partial charge < -0.3 is 4.74 Å². The van der Waals surface area contributed by atoms with Crippen molar-refractivity contribution in [3.8, 4) is 5.75 Å². The third-order valence-corrected chi connectivity index (χ3v) is 3.52. The molecular weight excluding hydrogens is 326 g/mol. The van der Waals surface area contributed by atoms with Crippen molar-refractivity contribution >= 4 is 11.8 Å². The molecule has 0 spiro atoms. The van der Waals surface area contributed by atoms with Crippen LogP contribution < -0.4 is 4.74 Å². The van der Waals surface area contributed by atoms with Gasteiger partial charge in [0.15, 0.2) is 17.4 Å². The van der Waals surface area contributed by atoms with Gasteiger partial charge in [-0.25, -0.2) is 13.6 Å². The topological polar surface area (TPSA) is 43.4 Å². The molecule has 0 amide bonds. The summed E-state index contributed by atoms with van der Waals surface area (Å²) in [5.74, 6) is -4.08. The molecule has 124 valence electrons. The largest absolute Gasteiger partial charge is 0.422 e. The summed E-state index contributed by atoms with van der Waals surface area (Å²) in [7, 11) is 0. The fraction of sp³-hybridized carbons (Fsp3) is 0. The van der Waals surface area contributed by atoms with Gasteiger partial charge >= 0.3 is 5.97 Å². The highest BCUT2D eigenvalue weighted by Crippen LogP contribution is 2.26. The monoisotopic (exact) mass is 338 g/mol. The van der Waals surface area contributed by atoms with Gasteiger partial charge in [0.25, 0.3) is 0 Å². The van der Waals surface area contributed by atoms with E-state index < -0.39 is 23.4 Å². The Morgan fingerprint density at radius 1 is 0.720 bits per heavy atom. The molecule has 3 nitrogen and oxygen atoms in total. The van der Waals surface area contributed by atoms with Crippen molar-refractivity contribution in [1.29, 1.82) is 0 Å². The van der Waals surface area contributed by atoms with E-state index in [1.807, 2.05) is 0 Å². The predicted octanol–water partition coefficient (Wildman–Crippen LogP) is 4.42. The van der Waals surface area contributed by atoms with Crippen molar-refractivity contribution in [3.05, 3.63) is 101 Å². The first kappa shape index (κ1) is 16.5. The SMILES string of the molecule is O=C(Oc1cc(F)c(F)cc1C(=O)c1ccccc1)c1ccccc1. The van der Waals surface area contributed by atoms with Crippen LogP contribution in [0.5, 0.6) is 5.75 Å². The normalized spacial score (nSPS) is 10.3. The summed E-state index contributed by atoms with van der Waals surface area (Å²) in [6, 6.07) is 17.5. The minimum absolute atomic E-state index is 0.227. The molecule has 0 heterocycles. The summed E-state index contributed by atoms with van der Waals surface area (Å²) in [6.07, 6.45) is 0. The molecule has 0 N–H and O–H groups in total. The number of hydrogen-bond donors (Lipinski definition) is 0. The molecule has 0 radical (unpaired) electrons. The molecule has 5 heteroatoms. The maximum Gasteiger partial charge on any atom is 0.343 e. The van der Waals surface area contributed by atoms with E-state index in [-0.39, 0.29) is 22.4 Å². The number of esters is 1. The first-order valence-corrected chi connectivity index (χ1v) is 7.42. The average Bonchev–Trinajstić information content (AvgIpc) is 2.65. The lowest BCUT2D eigenvalue weighted by Crippen LogP contribution is -2.13. The number of ether oxygens (including phenoxy) is 1. The summed E-state index contributed by atoms with van der Waals surface area (Å²) >= 11 is 0. The van der Waals surface area contributed by atoms with Crippen LogP contribution in [0.15, 0.2) is 72.8 Å². The van der Waals surface area contributed by atoms with Crippen molar-refractivity contribution in [2.45, 2.75) is 0 Å². The van der Waals surface area contributed by atoms with Crippen LogP contribution in [0.4, 0.5) is 8.78 Å². The van der Waals surface area contributed by atoms with Crippen LogP contribution in [0.3, 0.4) is 0 Å². The number of carbonyl (C=O) groups excluding carboxylic acids is 2.